The van der Waals surface area contributed by atoms with Gasteiger partial charge in [-0.05, 0) is 6.42 Å². The number of hydrogen-bond donors (Lipinski definition) is 1. The van der Waals surface area contributed by atoms with E-state index in [-0.39, 0.29) is 0 Å². The van der Waals surface area contributed by atoms with Gasteiger partial charge in [-0.3, -0.25) is 0 Å². The van der Waals surface area contributed by atoms with Crippen LogP contribution in [0.3, 0.4) is 0 Å². The van der Waals surface area contributed by atoms with Gasteiger partial charge in [0.15, 0.2) is 0 Å². The number of carboxylic acid groups (broad SMARTS) is 1. The van der Waals surface area contributed by atoms with Crippen LogP contribution in [-0.4, -0.2) is 28.4 Å². The summed E-state index contributed by atoms with van der Waals surface area (Å²) < 4.78 is 5.21. The Kier molecular flexibility index (Phi) is 2.78. The first-order chi connectivity index (χ1) is 5.21. The second-order valence-corrected chi connectivity index (χ2v) is 3.86. The molecule has 1 saturated heterocycles. The van der Waals surface area contributed by atoms with E-state index in [2.05, 4.69) is 0 Å². The largest absolute Gasteiger partial charge is 0.478 e. The third-order valence-electron chi connectivity index (χ3n) is 1.66. The molecule has 0 amide bonds. The lowest BCUT2D eigenvalue weighted by molar-refractivity contribution is -0.152. The quantitative estimate of drug-likeness (QED) is 0.704. The van der Waals surface area contributed by atoms with E-state index < -0.39 is 10.9 Å². The van der Waals surface area contributed by atoms with E-state index in [9.17, 15) is 4.79 Å². The molecule has 3 nitrogen and oxygen atoms in total. The molecule has 0 aliphatic carbocycles. The van der Waals surface area contributed by atoms with Crippen molar-refractivity contribution in [1.29, 1.82) is 0 Å². The summed E-state index contributed by atoms with van der Waals surface area (Å²) in [6.45, 7) is 2.53. The SMILES string of the molecule is CCCC1(C(=O)O)OCCS1. The Labute approximate surface area is 70.1 Å². The lowest BCUT2D eigenvalue weighted by Gasteiger charge is -2.20. The Bertz CT molecular complexity index is 152. The van der Waals surface area contributed by atoms with Crippen LogP contribution in [0.2, 0.25) is 0 Å². The summed E-state index contributed by atoms with van der Waals surface area (Å²) in [4.78, 5) is 9.85. The number of rotatable bonds is 3. The molecule has 1 rings (SSSR count). The van der Waals surface area contributed by atoms with Crippen molar-refractivity contribution in [2.24, 2.45) is 0 Å². The van der Waals surface area contributed by atoms with E-state index in [1.165, 1.54) is 11.8 Å². The molecule has 64 valence electrons. The fraction of sp³-hybridized carbons (Fsp3) is 0.857. The van der Waals surface area contributed by atoms with Gasteiger partial charge in [0.1, 0.15) is 0 Å². The fourth-order valence-electron chi connectivity index (χ4n) is 1.16. The maximum Gasteiger partial charge on any atom is 0.346 e. The Morgan fingerprint density at radius 3 is 2.91 bits per heavy atom. The normalized spacial score (nSPS) is 30.6. The molecule has 0 spiro atoms. The van der Waals surface area contributed by atoms with Gasteiger partial charge in [-0.1, -0.05) is 13.3 Å². The predicted molar refractivity (Wildman–Crippen MR) is 43.7 cm³/mol. The van der Waals surface area contributed by atoms with Gasteiger partial charge in [-0.2, -0.15) is 0 Å². The molecule has 4 heteroatoms. The number of carbonyl (C=O) groups is 1. The van der Waals surface area contributed by atoms with E-state index >= 15 is 0 Å². The third-order valence-corrected chi connectivity index (χ3v) is 2.99. The van der Waals surface area contributed by atoms with E-state index in [4.69, 9.17) is 9.84 Å². The molecule has 0 aromatic heterocycles. The van der Waals surface area contributed by atoms with Crippen LogP contribution < -0.4 is 0 Å². The minimum atomic E-state index is -0.922. The average molecular weight is 176 g/mol. The average Bonchev–Trinajstić information content (AvgIpc) is 2.38. The van der Waals surface area contributed by atoms with E-state index in [1.807, 2.05) is 6.92 Å². The molecule has 0 aromatic rings. The number of aliphatic carboxylic acids is 1. The van der Waals surface area contributed by atoms with Crippen molar-refractivity contribution in [2.45, 2.75) is 24.7 Å². The highest BCUT2D eigenvalue weighted by Crippen LogP contribution is 2.36. The smallest absolute Gasteiger partial charge is 0.346 e. The molecule has 1 atom stereocenters. The van der Waals surface area contributed by atoms with Crippen molar-refractivity contribution in [3.8, 4) is 0 Å². The highest BCUT2D eigenvalue weighted by atomic mass is 32.2. The Morgan fingerprint density at radius 2 is 2.55 bits per heavy atom. The molecule has 0 bridgehead atoms. The van der Waals surface area contributed by atoms with Crippen LogP contribution >= 0.6 is 11.8 Å². The molecular formula is C7H12O3S. The van der Waals surface area contributed by atoms with Crippen molar-refractivity contribution in [3.05, 3.63) is 0 Å². The zero-order valence-corrected chi connectivity index (χ0v) is 7.32. The van der Waals surface area contributed by atoms with Crippen LogP contribution in [0.25, 0.3) is 0 Å². The van der Waals surface area contributed by atoms with Gasteiger partial charge in [0.2, 0.25) is 4.93 Å². The molecule has 1 N–H and O–H groups in total. The second kappa shape index (κ2) is 3.45. The van der Waals surface area contributed by atoms with Crippen molar-refractivity contribution in [1.82, 2.24) is 0 Å². The van der Waals surface area contributed by atoms with E-state index in [0.717, 1.165) is 12.2 Å². The molecule has 1 unspecified atom stereocenters. The highest BCUT2D eigenvalue weighted by Gasteiger charge is 2.42. The summed E-state index contributed by atoms with van der Waals surface area (Å²) >= 11 is 1.40. The van der Waals surface area contributed by atoms with Crippen LogP contribution in [0.5, 0.6) is 0 Å². The van der Waals surface area contributed by atoms with Gasteiger partial charge in [0, 0.05) is 5.75 Å². The van der Waals surface area contributed by atoms with Crippen molar-refractivity contribution in [2.75, 3.05) is 12.4 Å². The minimum absolute atomic E-state index is 0.566. The van der Waals surface area contributed by atoms with Crippen LogP contribution in [0.15, 0.2) is 0 Å². The monoisotopic (exact) mass is 176 g/mol. The second-order valence-electron chi connectivity index (χ2n) is 2.50. The summed E-state index contributed by atoms with van der Waals surface area (Å²) in [6, 6.07) is 0. The standard InChI is InChI=1S/C7H12O3S/c1-2-3-7(6(8)9)10-4-5-11-7/h2-5H2,1H3,(H,8,9). The topological polar surface area (TPSA) is 46.5 Å². The molecule has 1 heterocycles. The number of ether oxygens (including phenoxy) is 1. The number of thioether (sulfide) groups is 1. The van der Waals surface area contributed by atoms with Gasteiger partial charge in [-0.15, -0.1) is 11.8 Å². The molecule has 0 saturated carbocycles. The lowest BCUT2D eigenvalue weighted by atomic mass is 10.2. The fourth-order valence-corrected chi connectivity index (χ4v) is 2.29. The van der Waals surface area contributed by atoms with Gasteiger partial charge in [0.25, 0.3) is 0 Å². The maximum atomic E-state index is 10.8. The number of hydrogen-bond acceptors (Lipinski definition) is 3. The van der Waals surface area contributed by atoms with Crippen molar-refractivity contribution < 1.29 is 14.6 Å². The van der Waals surface area contributed by atoms with Crippen LogP contribution in [0, 0.1) is 0 Å². The van der Waals surface area contributed by atoms with Crippen molar-refractivity contribution in [3.63, 3.8) is 0 Å². The van der Waals surface area contributed by atoms with Gasteiger partial charge in [-0.25, -0.2) is 4.79 Å². The van der Waals surface area contributed by atoms with Crippen molar-refractivity contribution >= 4 is 17.7 Å². The minimum Gasteiger partial charge on any atom is -0.478 e. The zero-order valence-electron chi connectivity index (χ0n) is 6.50. The van der Waals surface area contributed by atoms with Gasteiger partial charge >= 0.3 is 5.97 Å². The summed E-state index contributed by atoms with van der Waals surface area (Å²) in [5, 5.41) is 8.85. The van der Waals surface area contributed by atoms with Crippen LogP contribution in [0.4, 0.5) is 0 Å². The first-order valence-electron chi connectivity index (χ1n) is 3.72. The zero-order chi connectivity index (χ0) is 8.32. The third kappa shape index (κ3) is 1.68. The molecule has 0 aromatic carbocycles. The molecule has 11 heavy (non-hydrogen) atoms. The molecular weight excluding hydrogens is 164 g/mol. The van der Waals surface area contributed by atoms with E-state index in [0.29, 0.717) is 13.0 Å². The van der Waals surface area contributed by atoms with Crippen LogP contribution in [-0.2, 0) is 9.53 Å². The molecule has 1 aliphatic heterocycles. The Balaban J connectivity index is 2.62. The summed E-state index contributed by atoms with van der Waals surface area (Å²) in [6.07, 6.45) is 1.45. The lowest BCUT2D eigenvalue weighted by Crippen LogP contribution is -2.34. The summed E-state index contributed by atoms with van der Waals surface area (Å²) in [5.41, 5.74) is 0. The maximum absolute atomic E-state index is 10.8. The first-order valence-corrected chi connectivity index (χ1v) is 4.71. The molecule has 1 fully saturated rings. The van der Waals surface area contributed by atoms with Gasteiger partial charge in [0.05, 0.1) is 6.61 Å². The Morgan fingerprint density at radius 1 is 1.82 bits per heavy atom. The molecule has 1 aliphatic rings. The Hall–Kier alpha value is -0.220. The summed E-state index contributed by atoms with van der Waals surface area (Å²) in [7, 11) is 0. The van der Waals surface area contributed by atoms with Gasteiger partial charge < -0.3 is 9.84 Å². The molecule has 0 radical (unpaired) electrons. The first kappa shape index (κ1) is 8.87. The van der Waals surface area contributed by atoms with E-state index in [1.54, 1.807) is 0 Å². The summed E-state index contributed by atoms with van der Waals surface area (Å²) in [5.74, 6) is -0.0337. The van der Waals surface area contributed by atoms with Crippen LogP contribution in [0.1, 0.15) is 19.8 Å². The highest BCUT2D eigenvalue weighted by molar-refractivity contribution is 8.01. The predicted octanol–water partition coefficient (Wildman–Crippen LogP) is 1.33. The number of carboxylic acids is 1.